The van der Waals surface area contributed by atoms with Crippen molar-refractivity contribution in [3.05, 3.63) is 0 Å². The molecule has 3 nitrogen and oxygen atoms in total. The van der Waals surface area contributed by atoms with Gasteiger partial charge in [-0.15, -0.1) is 0 Å². The lowest BCUT2D eigenvalue weighted by atomic mass is 9.64. The number of fused-ring (bicyclic) bond motifs is 1. The Hall–Kier alpha value is -0.120. The summed E-state index contributed by atoms with van der Waals surface area (Å²) >= 11 is 0. The summed E-state index contributed by atoms with van der Waals surface area (Å²) in [7, 11) is 2.18. The third-order valence-electron chi connectivity index (χ3n) is 5.05. The van der Waals surface area contributed by atoms with E-state index in [-0.39, 0.29) is 0 Å². The maximum absolute atomic E-state index is 3.67. The van der Waals surface area contributed by atoms with Crippen LogP contribution in [0.4, 0.5) is 0 Å². The third-order valence-corrected chi connectivity index (χ3v) is 5.05. The largest absolute Gasteiger partial charge is 0.316 e. The van der Waals surface area contributed by atoms with Crippen molar-refractivity contribution in [2.75, 3.05) is 46.3 Å². The average Bonchev–Trinajstić information content (AvgIpc) is 2.45. The van der Waals surface area contributed by atoms with Crippen molar-refractivity contribution in [1.82, 2.24) is 15.1 Å². The number of nitrogens with zero attached hydrogens (tertiary/aromatic N) is 2. The van der Waals surface area contributed by atoms with E-state index >= 15 is 0 Å². The van der Waals surface area contributed by atoms with E-state index in [1.54, 1.807) is 0 Å². The van der Waals surface area contributed by atoms with E-state index in [0.717, 1.165) is 17.9 Å². The molecule has 3 atom stereocenters. The predicted molar refractivity (Wildman–Crippen MR) is 71.1 cm³/mol. The van der Waals surface area contributed by atoms with Crippen LogP contribution < -0.4 is 5.32 Å². The predicted octanol–water partition coefficient (Wildman–Crippen LogP) is 0.868. The second-order valence-corrected chi connectivity index (χ2v) is 6.96. The van der Waals surface area contributed by atoms with Gasteiger partial charge < -0.3 is 15.1 Å². The Labute approximate surface area is 106 Å². The van der Waals surface area contributed by atoms with E-state index < -0.39 is 0 Å². The summed E-state index contributed by atoms with van der Waals surface area (Å²) in [6.07, 6.45) is 1.38. The van der Waals surface area contributed by atoms with Crippen LogP contribution in [0.15, 0.2) is 0 Å². The van der Waals surface area contributed by atoms with Crippen molar-refractivity contribution >= 4 is 0 Å². The molecule has 4 saturated heterocycles. The van der Waals surface area contributed by atoms with Gasteiger partial charge in [0.05, 0.1) is 0 Å². The molecule has 0 aromatic rings. The second-order valence-electron chi connectivity index (χ2n) is 6.96. The molecule has 4 aliphatic rings. The van der Waals surface area contributed by atoms with Crippen molar-refractivity contribution < 1.29 is 0 Å². The Bertz CT molecular complexity index is 273. The first-order chi connectivity index (χ1) is 8.13. The summed E-state index contributed by atoms with van der Waals surface area (Å²) in [5.74, 6) is 1.66. The molecule has 4 heterocycles. The monoisotopic (exact) mass is 237 g/mol. The molecular weight excluding hydrogens is 210 g/mol. The van der Waals surface area contributed by atoms with Gasteiger partial charge in [0, 0.05) is 56.6 Å². The zero-order valence-electron chi connectivity index (χ0n) is 11.6. The van der Waals surface area contributed by atoms with Gasteiger partial charge in [-0.05, 0) is 19.4 Å². The summed E-state index contributed by atoms with van der Waals surface area (Å²) in [6, 6.07) is 0.746. The van der Waals surface area contributed by atoms with Crippen LogP contribution in [0.1, 0.15) is 20.3 Å². The Morgan fingerprint density at radius 2 is 1.76 bits per heavy atom. The second kappa shape index (κ2) is 4.22. The van der Waals surface area contributed by atoms with Gasteiger partial charge in [-0.2, -0.15) is 0 Å². The molecule has 4 rings (SSSR count). The Morgan fingerprint density at radius 3 is 2.24 bits per heavy atom. The highest BCUT2D eigenvalue weighted by molar-refractivity contribution is 5.08. The van der Waals surface area contributed by atoms with Gasteiger partial charge in [0.15, 0.2) is 0 Å². The maximum Gasteiger partial charge on any atom is 0.0198 e. The fraction of sp³-hybridized carbons (Fsp3) is 1.00. The third kappa shape index (κ3) is 1.92. The fourth-order valence-electron chi connectivity index (χ4n) is 4.93. The topological polar surface area (TPSA) is 18.5 Å². The fourth-order valence-corrected chi connectivity index (χ4v) is 4.93. The Balaban J connectivity index is 1.92. The van der Waals surface area contributed by atoms with Gasteiger partial charge in [-0.1, -0.05) is 13.8 Å². The minimum Gasteiger partial charge on any atom is -0.316 e. The molecule has 0 saturated carbocycles. The quantitative estimate of drug-likeness (QED) is 0.786. The highest BCUT2D eigenvalue weighted by Gasteiger charge is 2.53. The van der Waals surface area contributed by atoms with Crippen LogP contribution >= 0.6 is 0 Å². The van der Waals surface area contributed by atoms with Crippen LogP contribution in [0.25, 0.3) is 0 Å². The molecule has 3 unspecified atom stereocenters. The first-order valence-electron chi connectivity index (χ1n) is 7.25. The summed E-state index contributed by atoms with van der Waals surface area (Å²) in [5.41, 5.74) is 0.514. The smallest absolute Gasteiger partial charge is 0.0198 e. The maximum atomic E-state index is 3.67. The number of hydrogen-bond acceptors (Lipinski definition) is 3. The Kier molecular flexibility index (Phi) is 2.96. The van der Waals surface area contributed by atoms with Crippen LogP contribution in [-0.4, -0.2) is 62.2 Å². The molecule has 98 valence electrons. The van der Waals surface area contributed by atoms with Gasteiger partial charge in [0.1, 0.15) is 0 Å². The molecule has 4 bridgehead atoms. The van der Waals surface area contributed by atoms with Crippen molar-refractivity contribution in [3.63, 3.8) is 0 Å². The van der Waals surface area contributed by atoms with Gasteiger partial charge in [0.25, 0.3) is 0 Å². The minimum atomic E-state index is 0.514. The van der Waals surface area contributed by atoms with Crippen LogP contribution in [0.5, 0.6) is 0 Å². The summed E-state index contributed by atoms with van der Waals surface area (Å²) in [6.45, 7) is 12.6. The summed E-state index contributed by atoms with van der Waals surface area (Å²) in [4.78, 5) is 5.46. The molecule has 17 heavy (non-hydrogen) atoms. The van der Waals surface area contributed by atoms with Gasteiger partial charge in [-0.25, -0.2) is 0 Å². The van der Waals surface area contributed by atoms with E-state index in [0.29, 0.717) is 5.41 Å². The number of nitrogens with one attached hydrogen (secondary N) is 1. The summed E-state index contributed by atoms with van der Waals surface area (Å²) < 4.78 is 0. The zero-order chi connectivity index (χ0) is 12.0. The minimum absolute atomic E-state index is 0.514. The molecule has 3 heteroatoms. The van der Waals surface area contributed by atoms with Crippen LogP contribution in [0, 0.1) is 17.3 Å². The van der Waals surface area contributed by atoms with Crippen molar-refractivity contribution in [3.8, 4) is 0 Å². The van der Waals surface area contributed by atoms with E-state index in [1.165, 1.54) is 45.7 Å². The van der Waals surface area contributed by atoms with E-state index in [2.05, 4.69) is 36.0 Å². The highest BCUT2D eigenvalue weighted by atomic mass is 15.3. The standard InChI is InChI=1S/C14H27N3/c1-11(2)6-14-9-16-4-5-17(10-14)8-12(7-16)13(14)15-3/h11-13,15H,4-10H2,1-3H3. The van der Waals surface area contributed by atoms with Crippen molar-refractivity contribution in [2.24, 2.45) is 17.3 Å². The van der Waals surface area contributed by atoms with Crippen molar-refractivity contribution in [1.29, 1.82) is 0 Å². The molecule has 0 spiro atoms. The molecule has 4 fully saturated rings. The van der Waals surface area contributed by atoms with E-state index in [4.69, 9.17) is 0 Å². The lowest BCUT2D eigenvalue weighted by Crippen LogP contribution is -2.67. The summed E-state index contributed by atoms with van der Waals surface area (Å²) in [5, 5.41) is 3.67. The van der Waals surface area contributed by atoms with Crippen LogP contribution in [0.3, 0.4) is 0 Å². The molecule has 0 aliphatic carbocycles. The first kappa shape index (κ1) is 11.9. The molecule has 4 aliphatic heterocycles. The highest BCUT2D eigenvalue weighted by Crippen LogP contribution is 2.44. The molecule has 0 aromatic carbocycles. The molecule has 0 aromatic heterocycles. The molecule has 1 N–H and O–H groups in total. The van der Waals surface area contributed by atoms with Gasteiger partial charge in [0.2, 0.25) is 0 Å². The number of hydrogen-bond donors (Lipinski definition) is 1. The van der Waals surface area contributed by atoms with E-state index in [9.17, 15) is 0 Å². The first-order valence-corrected chi connectivity index (χ1v) is 7.25. The van der Waals surface area contributed by atoms with Crippen LogP contribution in [-0.2, 0) is 0 Å². The lowest BCUT2D eigenvalue weighted by molar-refractivity contribution is -0.0414. The molecule has 0 amide bonds. The molecular formula is C14H27N3. The number of piperidine rings is 2. The van der Waals surface area contributed by atoms with Gasteiger partial charge >= 0.3 is 0 Å². The SMILES string of the molecule is CNC1C2CN3CCN(C2)CC1(CC(C)C)C3. The molecule has 0 radical (unpaired) electrons. The average molecular weight is 237 g/mol. The normalized spacial score (nSPS) is 48.7. The van der Waals surface area contributed by atoms with Gasteiger partial charge in [-0.3, -0.25) is 0 Å². The van der Waals surface area contributed by atoms with Crippen LogP contribution in [0.2, 0.25) is 0 Å². The zero-order valence-corrected chi connectivity index (χ0v) is 11.6. The lowest BCUT2D eigenvalue weighted by Gasteiger charge is -2.56. The van der Waals surface area contributed by atoms with Crippen molar-refractivity contribution in [2.45, 2.75) is 26.3 Å². The number of rotatable bonds is 3. The van der Waals surface area contributed by atoms with E-state index in [1.807, 2.05) is 0 Å². The Morgan fingerprint density at radius 1 is 1.18 bits per heavy atom.